The number of nitrogens with one attached hydrogen (secondary N) is 1. The maximum absolute atomic E-state index is 12.8. The van der Waals surface area contributed by atoms with E-state index in [0.29, 0.717) is 5.02 Å². The van der Waals surface area contributed by atoms with Gasteiger partial charge in [0.15, 0.2) is 0 Å². The van der Waals surface area contributed by atoms with Crippen LogP contribution < -0.4 is 5.43 Å². The average molecular weight is 382 g/mol. The van der Waals surface area contributed by atoms with Gasteiger partial charge in [-0.25, -0.2) is 0 Å². The minimum absolute atomic E-state index is 0.00567. The van der Waals surface area contributed by atoms with E-state index in [1.165, 1.54) is 0 Å². The van der Waals surface area contributed by atoms with Gasteiger partial charge in [-0.05, 0) is 56.0 Å². The van der Waals surface area contributed by atoms with Crippen LogP contribution in [0.5, 0.6) is 0 Å². The lowest BCUT2D eigenvalue weighted by Crippen LogP contribution is -2.46. The summed E-state index contributed by atoms with van der Waals surface area (Å²) in [4.78, 5) is 14.7. The molecule has 4 nitrogen and oxygen atoms in total. The number of amides is 1. The van der Waals surface area contributed by atoms with Gasteiger partial charge in [0, 0.05) is 17.6 Å². The molecule has 0 aromatic heterocycles. The maximum Gasteiger partial charge on any atom is 0.247 e. The van der Waals surface area contributed by atoms with Crippen molar-refractivity contribution in [1.29, 1.82) is 0 Å². The second-order valence-corrected chi connectivity index (χ2v) is 7.04. The molecular formula is C22H24ClN3O. The summed E-state index contributed by atoms with van der Waals surface area (Å²) in [6, 6.07) is 17.3. The van der Waals surface area contributed by atoms with Crippen molar-refractivity contribution in [3.8, 4) is 0 Å². The van der Waals surface area contributed by atoms with Gasteiger partial charge < -0.3 is 4.90 Å². The number of nitrogens with zero attached hydrogens (tertiary/aromatic N) is 2. The van der Waals surface area contributed by atoms with Gasteiger partial charge >= 0.3 is 0 Å². The van der Waals surface area contributed by atoms with E-state index < -0.39 is 0 Å². The number of piperidine rings is 1. The third-order valence-corrected chi connectivity index (χ3v) is 5.06. The van der Waals surface area contributed by atoms with Crippen LogP contribution in [0.1, 0.15) is 31.7 Å². The molecule has 1 amide bonds. The number of hydrazone groups is 1. The molecule has 0 aliphatic carbocycles. The molecular weight excluding hydrogens is 358 g/mol. The van der Waals surface area contributed by atoms with Gasteiger partial charge in [-0.1, -0.05) is 48.0 Å². The number of carbonyl (C=O) groups excluding carboxylic acids is 1. The molecule has 1 N–H and O–H groups in total. The summed E-state index contributed by atoms with van der Waals surface area (Å²) < 4.78 is 0. The highest BCUT2D eigenvalue weighted by Gasteiger charge is 2.27. The standard InChI is InChI=1S/C22H24ClN3O/c1-17(24-25-19-10-3-2-4-11-19)21-13-7-8-16-26(21)22(27)15-14-18-9-5-6-12-20(18)23/h2-6,9-12,14-15,21,25H,7-8,13,16H2,1H3/b15-14+,24-17+. The number of likely N-dealkylation sites (tertiary alicyclic amines) is 1. The molecule has 1 aliphatic rings. The third-order valence-electron chi connectivity index (χ3n) is 4.71. The van der Waals surface area contributed by atoms with E-state index in [-0.39, 0.29) is 11.9 Å². The summed E-state index contributed by atoms with van der Waals surface area (Å²) in [6.07, 6.45) is 6.43. The summed E-state index contributed by atoms with van der Waals surface area (Å²) in [7, 11) is 0. The van der Waals surface area contributed by atoms with E-state index in [1.807, 2.05) is 66.4 Å². The van der Waals surface area contributed by atoms with Gasteiger partial charge in [-0.2, -0.15) is 5.10 Å². The van der Waals surface area contributed by atoms with Gasteiger partial charge in [0.1, 0.15) is 0 Å². The van der Waals surface area contributed by atoms with Crippen LogP contribution in [-0.2, 0) is 4.79 Å². The highest BCUT2D eigenvalue weighted by atomic mass is 35.5. The Morgan fingerprint density at radius 3 is 2.67 bits per heavy atom. The first kappa shape index (κ1) is 19.2. The molecule has 2 aromatic rings. The monoisotopic (exact) mass is 381 g/mol. The zero-order chi connectivity index (χ0) is 19.1. The molecule has 0 saturated carbocycles. The van der Waals surface area contributed by atoms with Crippen molar-refractivity contribution in [3.63, 3.8) is 0 Å². The molecule has 1 atom stereocenters. The van der Waals surface area contributed by atoms with E-state index >= 15 is 0 Å². The number of para-hydroxylation sites is 1. The minimum Gasteiger partial charge on any atom is -0.331 e. The van der Waals surface area contributed by atoms with Crippen LogP contribution in [0.3, 0.4) is 0 Å². The van der Waals surface area contributed by atoms with Crippen LogP contribution in [0, 0.1) is 0 Å². The number of anilines is 1. The number of benzene rings is 2. The molecule has 140 valence electrons. The fourth-order valence-corrected chi connectivity index (χ4v) is 3.44. The van der Waals surface area contributed by atoms with Crippen molar-refractivity contribution in [1.82, 2.24) is 4.90 Å². The van der Waals surface area contributed by atoms with Crippen LogP contribution in [0.2, 0.25) is 5.02 Å². The molecule has 0 spiro atoms. The third kappa shape index (κ3) is 5.20. The molecule has 0 bridgehead atoms. The molecule has 2 aromatic carbocycles. The summed E-state index contributed by atoms with van der Waals surface area (Å²) in [5, 5.41) is 5.15. The topological polar surface area (TPSA) is 44.7 Å². The molecule has 5 heteroatoms. The number of rotatable bonds is 5. The number of carbonyl (C=O) groups is 1. The Morgan fingerprint density at radius 1 is 1.15 bits per heavy atom. The Balaban J connectivity index is 1.70. The summed E-state index contributed by atoms with van der Waals surface area (Å²) in [5.41, 5.74) is 5.77. The van der Waals surface area contributed by atoms with E-state index in [2.05, 4.69) is 10.5 Å². The largest absolute Gasteiger partial charge is 0.331 e. The molecule has 1 aliphatic heterocycles. The first-order valence-corrected chi connectivity index (χ1v) is 9.61. The lowest BCUT2D eigenvalue weighted by molar-refractivity contribution is -0.128. The van der Waals surface area contributed by atoms with Gasteiger partial charge in [-0.3, -0.25) is 10.2 Å². The Bertz CT molecular complexity index is 832. The fourth-order valence-electron chi connectivity index (χ4n) is 3.24. The number of hydrogen-bond acceptors (Lipinski definition) is 3. The summed E-state index contributed by atoms with van der Waals surface area (Å²) >= 11 is 6.17. The molecule has 27 heavy (non-hydrogen) atoms. The lowest BCUT2D eigenvalue weighted by atomic mass is 9.98. The SMILES string of the molecule is C/C(=N\Nc1ccccc1)C1CCCCN1C(=O)/C=C/c1ccccc1Cl. The van der Waals surface area contributed by atoms with E-state index in [4.69, 9.17) is 11.6 Å². The van der Waals surface area contributed by atoms with Gasteiger partial charge in [0.25, 0.3) is 0 Å². The molecule has 1 heterocycles. The number of hydrogen-bond donors (Lipinski definition) is 1. The Hall–Kier alpha value is -2.59. The fraction of sp³-hybridized carbons (Fsp3) is 0.273. The lowest BCUT2D eigenvalue weighted by Gasteiger charge is -2.35. The first-order valence-electron chi connectivity index (χ1n) is 9.23. The summed E-state index contributed by atoms with van der Waals surface area (Å²) in [6.45, 7) is 2.72. The average Bonchev–Trinajstić information content (AvgIpc) is 2.72. The smallest absolute Gasteiger partial charge is 0.247 e. The van der Waals surface area contributed by atoms with Crippen molar-refractivity contribution in [3.05, 3.63) is 71.3 Å². The van der Waals surface area contributed by atoms with Gasteiger partial charge in [0.05, 0.1) is 17.4 Å². The van der Waals surface area contributed by atoms with Gasteiger partial charge in [0.2, 0.25) is 5.91 Å². The van der Waals surface area contributed by atoms with Crippen molar-refractivity contribution < 1.29 is 4.79 Å². The van der Waals surface area contributed by atoms with E-state index in [1.54, 1.807) is 12.2 Å². The van der Waals surface area contributed by atoms with E-state index in [9.17, 15) is 4.79 Å². The van der Waals surface area contributed by atoms with Crippen LogP contribution in [0.25, 0.3) is 6.08 Å². The zero-order valence-electron chi connectivity index (χ0n) is 15.4. The maximum atomic E-state index is 12.8. The normalized spacial score (nSPS) is 17.9. The van der Waals surface area contributed by atoms with Crippen molar-refractivity contribution in [2.45, 2.75) is 32.2 Å². The van der Waals surface area contributed by atoms with Crippen molar-refractivity contribution in [2.24, 2.45) is 5.10 Å². The molecule has 1 saturated heterocycles. The summed E-state index contributed by atoms with van der Waals surface area (Å²) in [5.74, 6) is -0.00567. The quantitative estimate of drug-likeness (QED) is 0.438. The van der Waals surface area contributed by atoms with Crippen molar-refractivity contribution in [2.75, 3.05) is 12.0 Å². The van der Waals surface area contributed by atoms with Crippen LogP contribution in [-0.4, -0.2) is 29.1 Å². The predicted octanol–water partition coefficient (Wildman–Crippen LogP) is 5.22. The second kappa shape index (κ2) is 9.38. The Kier molecular flexibility index (Phi) is 6.66. The highest BCUT2D eigenvalue weighted by molar-refractivity contribution is 6.32. The van der Waals surface area contributed by atoms with Crippen LogP contribution in [0.4, 0.5) is 5.69 Å². The minimum atomic E-state index is -0.00567. The molecule has 0 radical (unpaired) electrons. The van der Waals surface area contributed by atoms with Gasteiger partial charge in [-0.15, -0.1) is 0 Å². The second-order valence-electron chi connectivity index (χ2n) is 6.63. The Labute approximate surface area is 165 Å². The van der Waals surface area contributed by atoms with Crippen molar-refractivity contribution >= 4 is 35.0 Å². The first-order chi connectivity index (χ1) is 13.1. The predicted molar refractivity (Wildman–Crippen MR) is 113 cm³/mol. The Morgan fingerprint density at radius 2 is 1.89 bits per heavy atom. The van der Waals surface area contributed by atoms with E-state index in [0.717, 1.165) is 42.8 Å². The molecule has 1 fully saturated rings. The van der Waals surface area contributed by atoms with Crippen LogP contribution in [0.15, 0.2) is 65.8 Å². The zero-order valence-corrected chi connectivity index (χ0v) is 16.2. The molecule has 3 rings (SSSR count). The number of halogens is 1. The highest BCUT2D eigenvalue weighted by Crippen LogP contribution is 2.21. The molecule has 1 unspecified atom stereocenters. The van der Waals surface area contributed by atoms with Crippen LogP contribution >= 0.6 is 11.6 Å².